The molecule has 1 rings (SSSR count). The minimum Gasteiger partial charge on any atom is -0.466 e. The fourth-order valence-electron chi connectivity index (χ4n) is 0.563. The van der Waals surface area contributed by atoms with Gasteiger partial charge in [-0.2, -0.15) is 0 Å². The monoisotopic (exact) mass is 194 g/mol. The topological polar surface area (TPSA) is 39.4 Å². The van der Waals surface area contributed by atoms with Crippen LogP contribution in [-0.4, -0.2) is 20.9 Å². The maximum atomic E-state index is 10.7. The molecular formula is C10H15BO3. The molecule has 0 saturated heterocycles. The molecule has 0 atom stereocenters. The molecule has 1 aromatic heterocycles. The summed E-state index contributed by atoms with van der Waals surface area (Å²) in [5, 5.41) is 0. The van der Waals surface area contributed by atoms with Crippen LogP contribution in [0.25, 0.3) is 0 Å². The molecule has 0 aliphatic heterocycles. The number of ether oxygens (including phenoxy) is 1. The molecule has 0 aromatic carbocycles. The van der Waals surface area contributed by atoms with E-state index in [2.05, 4.69) is 18.6 Å². The van der Waals surface area contributed by atoms with E-state index in [0.29, 0.717) is 0 Å². The van der Waals surface area contributed by atoms with Gasteiger partial charge < -0.3 is 9.15 Å². The number of methoxy groups -OCH3 is 1. The van der Waals surface area contributed by atoms with E-state index in [1.165, 1.54) is 32.1 Å². The zero-order valence-corrected chi connectivity index (χ0v) is 8.87. The van der Waals surface area contributed by atoms with E-state index in [1.54, 1.807) is 0 Å². The van der Waals surface area contributed by atoms with Crippen molar-refractivity contribution in [1.82, 2.24) is 0 Å². The lowest BCUT2D eigenvalue weighted by Crippen LogP contribution is -2.00. The number of esters is 1. The van der Waals surface area contributed by atoms with Gasteiger partial charge >= 0.3 is 5.97 Å². The van der Waals surface area contributed by atoms with Crippen LogP contribution in [0.4, 0.5) is 0 Å². The highest BCUT2D eigenvalue weighted by Gasteiger charge is 2.07. The highest BCUT2D eigenvalue weighted by molar-refractivity contribution is 6.29. The lowest BCUT2D eigenvalue weighted by atomic mass is 10.1. The fourth-order valence-corrected chi connectivity index (χ4v) is 0.563. The maximum Gasteiger partial charge on any atom is 0.373 e. The van der Waals surface area contributed by atoms with E-state index in [-0.39, 0.29) is 11.4 Å². The standard InChI is InChI=1S/C6H5BO3.C4H10/c1-9-6(8)4-2-3-5(7)10-4;1-3-4-2/h2-3H,1H3;3-4H2,1-2H3. The Hall–Kier alpha value is -1.19. The van der Waals surface area contributed by atoms with Crippen LogP contribution in [0, 0.1) is 0 Å². The van der Waals surface area contributed by atoms with Gasteiger partial charge in [-0.15, -0.1) is 0 Å². The Kier molecular flexibility index (Phi) is 6.63. The van der Waals surface area contributed by atoms with Gasteiger partial charge in [0.2, 0.25) is 5.76 Å². The second kappa shape index (κ2) is 7.24. The molecule has 0 unspecified atom stereocenters. The summed E-state index contributed by atoms with van der Waals surface area (Å²) < 4.78 is 9.10. The summed E-state index contributed by atoms with van der Waals surface area (Å²) in [4.78, 5) is 10.7. The normalized spacial score (nSPS) is 8.79. The van der Waals surface area contributed by atoms with Crippen molar-refractivity contribution < 1.29 is 13.9 Å². The Bertz CT molecular complexity index is 266. The molecule has 4 heteroatoms. The number of rotatable bonds is 2. The van der Waals surface area contributed by atoms with Crippen LogP contribution < -0.4 is 5.66 Å². The predicted molar refractivity (Wildman–Crippen MR) is 56.0 cm³/mol. The first-order valence-corrected chi connectivity index (χ1v) is 4.59. The van der Waals surface area contributed by atoms with Crippen molar-refractivity contribution in [3.63, 3.8) is 0 Å². The largest absolute Gasteiger partial charge is 0.466 e. The van der Waals surface area contributed by atoms with Gasteiger partial charge in [-0.3, -0.25) is 0 Å². The van der Waals surface area contributed by atoms with Crippen LogP contribution in [0.5, 0.6) is 0 Å². The Morgan fingerprint density at radius 3 is 2.29 bits per heavy atom. The maximum absolute atomic E-state index is 10.7. The molecule has 0 bridgehead atoms. The van der Waals surface area contributed by atoms with E-state index in [1.807, 2.05) is 0 Å². The molecule has 0 amide bonds. The van der Waals surface area contributed by atoms with Gasteiger partial charge in [-0.05, 0) is 12.1 Å². The van der Waals surface area contributed by atoms with Crippen LogP contribution >= 0.6 is 0 Å². The number of carbonyl (C=O) groups is 1. The van der Waals surface area contributed by atoms with Crippen molar-refractivity contribution in [2.24, 2.45) is 0 Å². The van der Waals surface area contributed by atoms with E-state index in [9.17, 15) is 4.79 Å². The third kappa shape index (κ3) is 4.75. The number of unbranched alkanes of at least 4 members (excludes halogenated alkanes) is 1. The quantitative estimate of drug-likeness (QED) is 0.530. The third-order valence-corrected chi connectivity index (χ3v) is 1.51. The molecule has 0 aliphatic rings. The summed E-state index contributed by atoms with van der Waals surface area (Å²) in [5.74, 6) is -0.392. The molecule has 1 heterocycles. The lowest BCUT2D eigenvalue weighted by molar-refractivity contribution is 0.0567. The highest BCUT2D eigenvalue weighted by atomic mass is 16.5. The van der Waals surface area contributed by atoms with Crippen LogP contribution in [0.3, 0.4) is 0 Å². The molecule has 3 nitrogen and oxygen atoms in total. The second-order valence-corrected chi connectivity index (χ2v) is 2.69. The molecule has 0 spiro atoms. The summed E-state index contributed by atoms with van der Waals surface area (Å²) in [7, 11) is 6.48. The molecular weight excluding hydrogens is 179 g/mol. The number of carbonyl (C=O) groups excluding carboxylic acids is 1. The van der Waals surface area contributed by atoms with E-state index >= 15 is 0 Å². The Balaban J connectivity index is 0.000000364. The smallest absolute Gasteiger partial charge is 0.373 e. The van der Waals surface area contributed by atoms with Crippen LogP contribution in [0.1, 0.15) is 37.2 Å². The Labute approximate surface area is 85.8 Å². The van der Waals surface area contributed by atoms with Crippen LogP contribution in [-0.2, 0) is 4.74 Å². The molecule has 0 saturated carbocycles. The Morgan fingerprint density at radius 2 is 2.00 bits per heavy atom. The first kappa shape index (κ1) is 12.8. The molecule has 2 radical (unpaired) electrons. The predicted octanol–water partition coefficient (Wildman–Crippen LogP) is 1.67. The van der Waals surface area contributed by atoms with E-state index in [0.717, 1.165) is 0 Å². The summed E-state index contributed by atoms with van der Waals surface area (Å²) in [6.45, 7) is 4.36. The van der Waals surface area contributed by atoms with Gasteiger partial charge in [0, 0.05) is 5.66 Å². The van der Waals surface area contributed by atoms with Gasteiger partial charge in [0.05, 0.1) is 7.11 Å². The average Bonchev–Trinajstić information content (AvgIpc) is 2.64. The first-order chi connectivity index (χ1) is 6.65. The van der Waals surface area contributed by atoms with E-state index in [4.69, 9.17) is 12.3 Å². The average molecular weight is 194 g/mol. The van der Waals surface area contributed by atoms with Crippen LogP contribution in [0.2, 0.25) is 0 Å². The molecule has 0 N–H and O–H groups in total. The minimum atomic E-state index is -0.517. The molecule has 0 fully saturated rings. The van der Waals surface area contributed by atoms with Gasteiger partial charge in [0.1, 0.15) is 0 Å². The highest BCUT2D eigenvalue weighted by Crippen LogP contribution is 1.98. The van der Waals surface area contributed by atoms with E-state index < -0.39 is 5.97 Å². The fraction of sp³-hybridized carbons (Fsp3) is 0.500. The summed E-state index contributed by atoms with van der Waals surface area (Å²) in [6, 6.07) is 2.95. The summed E-state index contributed by atoms with van der Waals surface area (Å²) in [5.41, 5.74) is 0.209. The number of hydrogen-bond acceptors (Lipinski definition) is 3. The number of hydrogen-bond donors (Lipinski definition) is 0. The van der Waals surface area contributed by atoms with Crippen molar-refractivity contribution in [1.29, 1.82) is 0 Å². The zero-order valence-electron chi connectivity index (χ0n) is 8.87. The molecule has 1 aromatic rings. The SMILES string of the molecule is CCCC.[B]c1ccc(C(=O)OC)o1. The van der Waals surface area contributed by atoms with Gasteiger partial charge in [0.25, 0.3) is 0 Å². The number of furan rings is 1. The molecule has 14 heavy (non-hydrogen) atoms. The van der Waals surface area contributed by atoms with Gasteiger partial charge in [-0.25, -0.2) is 4.79 Å². The van der Waals surface area contributed by atoms with Gasteiger partial charge in [-0.1, -0.05) is 26.7 Å². The Morgan fingerprint density at radius 1 is 1.43 bits per heavy atom. The molecule has 0 aliphatic carbocycles. The lowest BCUT2D eigenvalue weighted by Gasteiger charge is -1.91. The second-order valence-electron chi connectivity index (χ2n) is 2.69. The van der Waals surface area contributed by atoms with Crippen molar-refractivity contribution in [3.05, 3.63) is 17.9 Å². The minimum absolute atomic E-state index is 0.125. The third-order valence-electron chi connectivity index (χ3n) is 1.51. The zero-order chi connectivity index (χ0) is 11.0. The van der Waals surface area contributed by atoms with Crippen LogP contribution in [0.15, 0.2) is 16.5 Å². The first-order valence-electron chi connectivity index (χ1n) is 4.59. The van der Waals surface area contributed by atoms with Gasteiger partial charge in [0.15, 0.2) is 7.85 Å². The summed E-state index contributed by atoms with van der Waals surface area (Å²) >= 11 is 0. The van der Waals surface area contributed by atoms with Crippen molar-refractivity contribution in [2.45, 2.75) is 26.7 Å². The van der Waals surface area contributed by atoms with Crippen molar-refractivity contribution in [3.8, 4) is 0 Å². The molecule has 76 valence electrons. The van der Waals surface area contributed by atoms with Crippen molar-refractivity contribution >= 4 is 19.5 Å². The summed E-state index contributed by atoms with van der Waals surface area (Å²) in [6.07, 6.45) is 2.64. The van der Waals surface area contributed by atoms with Crippen molar-refractivity contribution in [2.75, 3.05) is 7.11 Å².